The van der Waals surface area contributed by atoms with E-state index in [-0.39, 0.29) is 19.7 Å². The van der Waals surface area contributed by atoms with Gasteiger partial charge >= 0.3 is 0 Å². The first-order chi connectivity index (χ1) is 12.9. The van der Waals surface area contributed by atoms with Gasteiger partial charge in [0, 0.05) is 25.2 Å². The van der Waals surface area contributed by atoms with Crippen molar-refractivity contribution in [1.82, 2.24) is 9.62 Å². The number of nitrogens with one attached hydrogen (secondary N) is 1. The van der Waals surface area contributed by atoms with Crippen LogP contribution in [-0.2, 0) is 26.1 Å². The Hall–Kier alpha value is -2.00. The van der Waals surface area contributed by atoms with E-state index in [0.29, 0.717) is 10.6 Å². The summed E-state index contributed by atoms with van der Waals surface area (Å²) < 4.78 is 45.8. The highest BCUT2D eigenvalue weighted by atomic mass is 35.5. The number of ether oxygens (including phenoxy) is 1. The smallest absolute Gasteiger partial charge is 0.246 e. The Morgan fingerprint density at radius 2 is 1.85 bits per heavy atom. The van der Waals surface area contributed by atoms with Crippen LogP contribution >= 0.6 is 11.6 Å². The second-order valence-electron chi connectivity index (χ2n) is 5.64. The van der Waals surface area contributed by atoms with E-state index in [1.54, 1.807) is 24.3 Å². The molecule has 1 N–H and O–H groups in total. The molecule has 0 aromatic heterocycles. The molecule has 6 nitrogen and oxygen atoms in total. The third-order valence-corrected chi connectivity index (χ3v) is 5.90. The number of sulfonamides is 1. The molecule has 0 atom stereocenters. The van der Waals surface area contributed by atoms with E-state index in [4.69, 9.17) is 16.3 Å². The van der Waals surface area contributed by atoms with Crippen molar-refractivity contribution in [2.45, 2.75) is 11.4 Å². The molecule has 0 fully saturated rings. The summed E-state index contributed by atoms with van der Waals surface area (Å²) >= 11 is 6.12. The highest BCUT2D eigenvalue weighted by molar-refractivity contribution is 7.89. The number of nitrogens with zero attached hydrogens (tertiary/aromatic N) is 1. The van der Waals surface area contributed by atoms with E-state index in [9.17, 15) is 17.6 Å². The quantitative estimate of drug-likeness (QED) is 0.639. The minimum absolute atomic E-state index is 0.173. The van der Waals surface area contributed by atoms with Crippen LogP contribution < -0.4 is 5.32 Å². The first-order valence-electron chi connectivity index (χ1n) is 8.10. The van der Waals surface area contributed by atoms with Gasteiger partial charge in [0.15, 0.2) is 0 Å². The van der Waals surface area contributed by atoms with E-state index >= 15 is 0 Å². The van der Waals surface area contributed by atoms with Crippen molar-refractivity contribution in [3.63, 3.8) is 0 Å². The van der Waals surface area contributed by atoms with Gasteiger partial charge in [0.2, 0.25) is 15.9 Å². The number of amides is 1. The van der Waals surface area contributed by atoms with Crippen molar-refractivity contribution in [3.05, 3.63) is 64.9 Å². The van der Waals surface area contributed by atoms with Crippen LogP contribution in [0.4, 0.5) is 4.39 Å². The van der Waals surface area contributed by atoms with Gasteiger partial charge < -0.3 is 10.1 Å². The molecule has 9 heteroatoms. The minimum atomic E-state index is -4.26. The lowest BCUT2D eigenvalue weighted by Crippen LogP contribution is -2.41. The predicted octanol–water partition coefficient (Wildman–Crippen LogP) is 2.43. The average Bonchev–Trinajstić information content (AvgIpc) is 2.63. The second kappa shape index (κ2) is 9.80. The molecule has 0 aliphatic carbocycles. The Balaban J connectivity index is 2.32. The zero-order chi connectivity index (χ0) is 19.9. The SMILES string of the molecule is COCCNC(=O)CN(Cc1ccccc1Cl)S(=O)(=O)c1ccccc1F. The zero-order valence-corrected chi connectivity index (χ0v) is 16.3. The van der Waals surface area contributed by atoms with E-state index in [0.717, 1.165) is 16.4 Å². The molecule has 0 unspecified atom stereocenters. The van der Waals surface area contributed by atoms with Crippen LogP contribution in [0.15, 0.2) is 53.4 Å². The summed E-state index contributed by atoms with van der Waals surface area (Å²) in [5, 5.41) is 2.91. The number of carbonyl (C=O) groups is 1. The maximum atomic E-state index is 14.1. The van der Waals surface area contributed by atoms with Crippen molar-refractivity contribution < 1.29 is 22.3 Å². The number of halogens is 2. The third-order valence-electron chi connectivity index (χ3n) is 3.71. The molecule has 0 spiro atoms. The molecule has 2 aromatic carbocycles. The van der Waals surface area contributed by atoms with Gasteiger partial charge in [0.05, 0.1) is 13.2 Å². The highest BCUT2D eigenvalue weighted by Crippen LogP contribution is 2.23. The summed E-state index contributed by atoms with van der Waals surface area (Å²) in [6, 6.07) is 11.7. The zero-order valence-electron chi connectivity index (χ0n) is 14.7. The molecule has 0 heterocycles. The summed E-state index contributed by atoms with van der Waals surface area (Å²) in [7, 11) is -2.78. The molecule has 2 rings (SSSR count). The summed E-state index contributed by atoms with van der Waals surface area (Å²) in [6.45, 7) is -0.134. The molecular weight excluding hydrogens is 395 g/mol. The molecule has 0 saturated heterocycles. The van der Waals surface area contributed by atoms with Crippen molar-refractivity contribution in [3.8, 4) is 0 Å². The number of hydrogen-bond acceptors (Lipinski definition) is 4. The van der Waals surface area contributed by atoms with E-state index in [2.05, 4.69) is 5.32 Å². The number of benzene rings is 2. The first kappa shape index (κ1) is 21.3. The Bertz CT molecular complexity index is 892. The summed E-state index contributed by atoms with van der Waals surface area (Å²) in [6.07, 6.45) is 0. The molecule has 0 bridgehead atoms. The van der Waals surface area contributed by atoms with E-state index in [1.165, 1.54) is 19.2 Å². The number of carbonyl (C=O) groups excluding carboxylic acids is 1. The lowest BCUT2D eigenvalue weighted by Gasteiger charge is -2.22. The van der Waals surface area contributed by atoms with Gasteiger partial charge in [-0.25, -0.2) is 12.8 Å². The molecule has 0 saturated carbocycles. The Morgan fingerprint density at radius 3 is 2.52 bits per heavy atom. The average molecular weight is 415 g/mol. The molecule has 0 aliphatic rings. The fraction of sp³-hybridized carbons (Fsp3) is 0.278. The predicted molar refractivity (Wildman–Crippen MR) is 100 cm³/mol. The van der Waals surface area contributed by atoms with Gasteiger partial charge in [-0.05, 0) is 23.8 Å². The lowest BCUT2D eigenvalue weighted by atomic mass is 10.2. The molecule has 27 heavy (non-hydrogen) atoms. The van der Waals surface area contributed by atoms with Crippen molar-refractivity contribution in [1.29, 1.82) is 0 Å². The fourth-order valence-corrected chi connectivity index (χ4v) is 3.98. The van der Waals surface area contributed by atoms with Crippen LogP contribution in [0.3, 0.4) is 0 Å². The highest BCUT2D eigenvalue weighted by Gasteiger charge is 2.29. The summed E-state index contributed by atoms with van der Waals surface area (Å²) in [4.78, 5) is 11.7. The summed E-state index contributed by atoms with van der Waals surface area (Å²) in [5.41, 5.74) is 0.503. The van der Waals surface area contributed by atoms with Crippen LogP contribution in [0.2, 0.25) is 5.02 Å². The van der Waals surface area contributed by atoms with Gasteiger partial charge in [-0.15, -0.1) is 0 Å². The van der Waals surface area contributed by atoms with Crippen LogP contribution in [0.5, 0.6) is 0 Å². The molecule has 146 valence electrons. The standard InChI is InChI=1S/C18H20ClFN2O4S/c1-26-11-10-21-18(23)13-22(12-14-6-2-3-7-15(14)19)27(24,25)17-9-5-4-8-16(17)20/h2-9H,10-13H2,1H3,(H,21,23). The number of methoxy groups -OCH3 is 1. The van der Waals surface area contributed by atoms with Crippen LogP contribution in [0, 0.1) is 5.82 Å². The van der Waals surface area contributed by atoms with Crippen molar-refractivity contribution in [2.24, 2.45) is 0 Å². The number of hydrogen-bond donors (Lipinski definition) is 1. The van der Waals surface area contributed by atoms with Gasteiger partial charge in [0.25, 0.3) is 0 Å². The van der Waals surface area contributed by atoms with Crippen molar-refractivity contribution in [2.75, 3.05) is 26.8 Å². The monoisotopic (exact) mass is 414 g/mol. The Morgan fingerprint density at radius 1 is 1.19 bits per heavy atom. The lowest BCUT2D eigenvalue weighted by molar-refractivity contribution is -0.121. The molecule has 0 radical (unpaired) electrons. The largest absolute Gasteiger partial charge is 0.383 e. The molecule has 0 aliphatic heterocycles. The van der Waals surface area contributed by atoms with Gasteiger partial charge in [-0.3, -0.25) is 4.79 Å². The molecule has 2 aromatic rings. The van der Waals surface area contributed by atoms with E-state index < -0.39 is 33.2 Å². The third kappa shape index (κ3) is 5.74. The first-order valence-corrected chi connectivity index (χ1v) is 9.91. The normalized spacial score (nSPS) is 11.6. The van der Waals surface area contributed by atoms with Crippen LogP contribution in [0.25, 0.3) is 0 Å². The Kier molecular flexibility index (Phi) is 7.73. The fourth-order valence-electron chi connectivity index (χ4n) is 2.34. The van der Waals surface area contributed by atoms with Crippen molar-refractivity contribution >= 4 is 27.5 Å². The van der Waals surface area contributed by atoms with Crippen LogP contribution in [-0.4, -0.2) is 45.4 Å². The number of rotatable bonds is 9. The van der Waals surface area contributed by atoms with E-state index in [1.807, 2.05) is 0 Å². The van der Waals surface area contributed by atoms with Crippen LogP contribution in [0.1, 0.15) is 5.56 Å². The molecular formula is C18H20ClFN2O4S. The minimum Gasteiger partial charge on any atom is -0.383 e. The topological polar surface area (TPSA) is 75.7 Å². The second-order valence-corrected chi connectivity index (χ2v) is 7.95. The maximum absolute atomic E-state index is 14.1. The molecule has 1 amide bonds. The van der Waals surface area contributed by atoms with Gasteiger partial charge in [-0.1, -0.05) is 41.9 Å². The Labute approximate surface area is 162 Å². The van der Waals surface area contributed by atoms with Gasteiger partial charge in [0.1, 0.15) is 10.7 Å². The maximum Gasteiger partial charge on any atom is 0.246 e. The van der Waals surface area contributed by atoms with Gasteiger partial charge in [-0.2, -0.15) is 4.31 Å². The summed E-state index contributed by atoms with van der Waals surface area (Å²) in [5.74, 6) is -1.42.